The number of aromatic nitrogens is 3. The monoisotopic (exact) mass is 449 g/mol. The van der Waals surface area contributed by atoms with E-state index in [4.69, 9.17) is 16.6 Å². The molecule has 0 saturated carbocycles. The molecule has 0 unspecified atom stereocenters. The Labute approximate surface area is 188 Å². The Kier molecular flexibility index (Phi) is 5.29. The van der Waals surface area contributed by atoms with E-state index in [9.17, 15) is 4.79 Å². The highest BCUT2D eigenvalue weighted by atomic mass is 35.5. The van der Waals surface area contributed by atoms with Crippen molar-refractivity contribution >= 4 is 50.7 Å². The minimum atomic E-state index is -0.351. The normalized spacial score (nSPS) is 13.7. The van der Waals surface area contributed by atoms with Gasteiger partial charge < -0.3 is 10.2 Å². The van der Waals surface area contributed by atoms with Crippen LogP contribution in [0.25, 0.3) is 20.8 Å². The highest BCUT2D eigenvalue weighted by Crippen LogP contribution is 2.31. The van der Waals surface area contributed by atoms with Crippen molar-refractivity contribution in [2.45, 2.75) is 19.8 Å². The van der Waals surface area contributed by atoms with Gasteiger partial charge in [0.1, 0.15) is 5.01 Å². The largest absolute Gasteiger partial charge is 0.341 e. The van der Waals surface area contributed by atoms with Crippen LogP contribution in [0.15, 0.2) is 48.7 Å². The Morgan fingerprint density at radius 2 is 1.87 bits per heavy atom. The molecule has 1 saturated heterocycles. The van der Waals surface area contributed by atoms with Crippen LogP contribution in [-0.4, -0.2) is 33.9 Å². The summed E-state index contributed by atoms with van der Waals surface area (Å²) in [6, 6.07) is 13.9. The van der Waals surface area contributed by atoms with Crippen LogP contribution in [0.5, 0.6) is 0 Å². The molecule has 5 rings (SSSR count). The molecule has 156 valence electrons. The lowest BCUT2D eigenvalue weighted by Gasteiger charge is -2.16. The summed E-state index contributed by atoms with van der Waals surface area (Å²) in [7, 11) is 0. The molecule has 6 nitrogen and oxygen atoms in total. The molecule has 3 heterocycles. The fourth-order valence-electron chi connectivity index (χ4n) is 3.63. The van der Waals surface area contributed by atoms with Gasteiger partial charge in [-0.2, -0.15) is 0 Å². The number of nitrogens with zero attached hydrogens (tertiary/aromatic N) is 4. The maximum atomic E-state index is 12.8. The Morgan fingerprint density at radius 1 is 1.10 bits per heavy atom. The van der Waals surface area contributed by atoms with Crippen molar-refractivity contribution in [3.05, 3.63) is 64.9 Å². The van der Waals surface area contributed by atoms with Gasteiger partial charge in [-0.3, -0.25) is 4.79 Å². The fourth-order valence-corrected chi connectivity index (χ4v) is 4.87. The summed E-state index contributed by atoms with van der Waals surface area (Å²) in [6.07, 6.45) is 3.71. The number of rotatable bonds is 4. The van der Waals surface area contributed by atoms with Gasteiger partial charge in [0.25, 0.3) is 5.91 Å². The third-order valence-corrected chi connectivity index (χ3v) is 6.61. The molecule has 0 radical (unpaired) electrons. The van der Waals surface area contributed by atoms with Crippen molar-refractivity contribution in [1.82, 2.24) is 15.0 Å². The third-order valence-electron chi connectivity index (χ3n) is 5.27. The van der Waals surface area contributed by atoms with E-state index in [0.717, 1.165) is 42.0 Å². The van der Waals surface area contributed by atoms with Gasteiger partial charge in [-0.1, -0.05) is 17.7 Å². The Morgan fingerprint density at radius 3 is 2.65 bits per heavy atom. The van der Waals surface area contributed by atoms with E-state index in [1.165, 1.54) is 16.5 Å². The van der Waals surface area contributed by atoms with Gasteiger partial charge in [0.2, 0.25) is 5.95 Å². The maximum Gasteiger partial charge on any atom is 0.276 e. The SMILES string of the molecule is Cc1ccc2nc(-c3ccc(NC(=O)c4nc(N5CCCC5)ncc4Cl)cc3)sc2c1. The molecule has 8 heteroatoms. The van der Waals surface area contributed by atoms with Gasteiger partial charge in [0.15, 0.2) is 5.69 Å². The van der Waals surface area contributed by atoms with E-state index in [-0.39, 0.29) is 16.6 Å². The number of aryl methyl sites for hydroxylation is 1. The van der Waals surface area contributed by atoms with Crippen molar-refractivity contribution < 1.29 is 4.79 Å². The number of carbonyl (C=O) groups is 1. The molecule has 2 aromatic carbocycles. The lowest BCUT2D eigenvalue weighted by atomic mass is 10.2. The van der Waals surface area contributed by atoms with Gasteiger partial charge in [0, 0.05) is 24.3 Å². The van der Waals surface area contributed by atoms with Crippen LogP contribution in [0, 0.1) is 6.92 Å². The molecule has 1 amide bonds. The molecule has 31 heavy (non-hydrogen) atoms. The van der Waals surface area contributed by atoms with Crippen molar-refractivity contribution in [1.29, 1.82) is 0 Å². The molecule has 1 N–H and O–H groups in total. The number of thiazole rings is 1. The van der Waals surface area contributed by atoms with Gasteiger partial charge in [-0.15, -0.1) is 11.3 Å². The maximum absolute atomic E-state index is 12.8. The highest BCUT2D eigenvalue weighted by molar-refractivity contribution is 7.21. The molecular formula is C23H20ClN5OS. The highest BCUT2D eigenvalue weighted by Gasteiger charge is 2.20. The van der Waals surface area contributed by atoms with Gasteiger partial charge in [-0.25, -0.2) is 15.0 Å². The number of benzene rings is 2. The van der Waals surface area contributed by atoms with Crippen LogP contribution in [0.4, 0.5) is 11.6 Å². The van der Waals surface area contributed by atoms with E-state index in [1.54, 1.807) is 11.3 Å². The summed E-state index contributed by atoms with van der Waals surface area (Å²) >= 11 is 7.87. The Bertz CT molecular complexity index is 1260. The lowest BCUT2D eigenvalue weighted by molar-refractivity contribution is 0.102. The summed E-state index contributed by atoms with van der Waals surface area (Å²) in [5.41, 5.74) is 4.08. The first kappa shape index (κ1) is 19.9. The topological polar surface area (TPSA) is 71.0 Å². The number of nitrogens with one attached hydrogen (secondary N) is 1. The summed E-state index contributed by atoms with van der Waals surface area (Å²) in [5, 5.41) is 4.07. The zero-order chi connectivity index (χ0) is 21.4. The standard InChI is InChI=1S/C23H20ClN5OS/c1-14-4-9-18-19(12-14)31-22(27-18)15-5-7-16(8-6-15)26-21(30)20-17(24)13-25-23(28-20)29-10-2-3-11-29/h4-9,12-13H,2-3,10-11H2,1H3,(H,26,30). The van der Waals surface area contributed by atoms with Crippen molar-refractivity contribution in [2.75, 3.05) is 23.3 Å². The molecule has 1 fully saturated rings. The van der Waals surface area contributed by atoms with E-state index < -0.39 is 0 Å². The van der Waals surface area contributed by atoms with Gasteiger partial charge >= 0.3 is 0 Å². The van der Waals surface area contributed by atoms with Crippen LogP contribution in [0.2, 0.25) is 5.02 Å². The van der Waals surface area contributed by atoms with Gasteiger partial charge in [0.05, 0.1) is 21.4 Å². The molecule has 0 spiro atoms. The fraction of sp³-hybridized carbons (Fsp3) is 0.217. The van der Waals surface area contributed by atoms with E-state index in [0.29, 0.717) is 11.6 Å². The molecule has 1 aliphatic heterocycles. The van der Waals surface area contributed by atoms with E-state index in [2.05, 4.69) is 39.2 Å². The van der Waals surface area contributed by atoms with Crippen molar-refractivity contribution in [3.63, 3.8) is 0 Å². The smallest absolute Gasteiger partial charge is 0.276 e. The minimum Gasteiger partial charge on any atom is -0.341 e. The number of hydrogen-bond acceptors (Lipinski definition) is 6. The molecule has 4 aromatic rings. The van der Waals surface area contributed by atoms with Gasteiger partial charge in [-0.05, 0) is 61.7 Å². The minimum absolute atomic E-state index is 0.184. The quantitative estimate of drug-likeness (QED) is 0.441. The average Bonchev–Trinajstić information content (AvgIpc) is 3.44. The first-order chi connectivity index (χ1) is 15.1. The first-order valence-electron chi connectivity index (χ1n) is 10.1. The molecule has 0 atom stereocenters. The molecule has 2 aromatic heterocycles. The summed E-state index contributed by atoms with van der Waals surface area (Å²) in [4.78, 5) is 28.3. The average molecular weight is 450 g/mol. The molecular weight excluding hydrogens is 430 g/mol. The number of halogens is 1. The number of amides is 1. The summed E-state index contributed by atoms with van der Waals surface area (Å²) in [5.74, 6) is 0.199. The molecule has 1 aliphatic rings. The van der Waals surface area contributed by atoms with E-state index in [1.807, 2.05) is 30.3 Å². The van der Waals surface area contributed by atoms with Crippen LogP contribution in [-0.2, 0) is 0 Å². The van der Waals surface area contributed by atoms with Crippen molar-refractivity contribution in [2.24, 2.45) is 0 Å². The van der Waals surface area contributed by atoms with Crippen LogP contribution >= 0.6 is 22.9 Å². The predicted molar refractivity (Wildman–Crippen MR) is 126 cm³/mol. The van der Waals surface area contributed by atoms with E-state index >= 15 is 0 Å². The second-order valence-corrected chi connectivity index (χ2v) is 9.02. The Balaban J connectivity index is 1.34. The van der Waals surface area contributed by atoms with Crippen molar-refractivity contribution in [3.8, 4) is 10.6 Å². The number of anilines is 2. The predicted octanol–water partition coefficient (Wildman–Crippen LogP) is 5.57. The lowest BCUT2D eigenvalue weighted by Crippen LogP contribution is -2.23. The molecule has 0 aliphatic carbocycles. The first-order valence-corrected chi connectivity index (χ1v) is 11.3. The number of carbonyl (C=O) groups excluding carboxylic acids is 1. The summed E-state index contributed by atoms with van der Waals surface area (Å²) in [6.45, 7) is 3.87. The zero-order valence-electron chi connectivity index (χ0n) is 16.9. The Hall–Kier alpha value is -3.03. The number of hydrogen-bond donors (Lipinski definition) is 1. The van der Waals surface area contributed by atoms with Crippen LogP contribution in [0.3, 0.4) is 0 Å². The second kappa shape index (κ2) is 8.24. The number of fused-ring (bicyclic) bond motifs is 1. The third kappa shape index (κ3) is 4.11. The van der Waals surface area contributed by atoms with Crippen LogP contribution in [0.1, 0.15) is 28.9 Å². The zero-order valence-corrected chi connectivity index (χ0v) is 18.5. The second-order valence-electron chi connectivity index (χ2n) is 7.58. The summed E-state index contributed by atoms with van der Waals surface area (Å²) < 4.78 is 1.17. The van der Waals surface area contributed by atoms with Crippen LogP contribution < -0.4 is 10.2 Å². The molecule has 0 bridgehead atoms.